The smallest absolute Gasteiger partial charge is 0.408 e. The van der Waals surface area contributed by atoms with Crippen molar-refractivity contribution >= 4 is 44.3 Å². The predicted octanol–water partition coefficient (Wildman–Crippen LogP) is 2.22. The molecule has 0 fully saturated rings. The number of amides is 1. The lowest BCUT2D eigenvalue weighted by molar-refractivity contribution is -0.120. The SMILES string of the molecule is O=C(CCS(=O)(=O)Nc1ccc2[nH]c(=O)oc2c1)NCc1cccc(Cl)c1. The van der Waals surface area contributed by atoms with Crippen molar-refractivity contribution in [2.75, 3.05) is 10.5 Å². The summed E-state index contributed by atoms with van der Waals surface area (Å²) in [4.78, 5) is 25.5. The second-order valence-corrected chi connectivity index (χ2v) is 8.08. The van der Waals surface area contributed by atoms with Crippen molar-refractivity contribution in [1.29, 1.82) is 0 Å². The summed E-state index contributed by atoms with van der Waals surface area (Å²) in [6.07, 6.45) is -0.197. The molecule has 1 amide bonds. The molecule has 0 spiro atoms. The van der Waals surface area contributed by atoms with Crippen LogP contribution in [0.1, 0.15) is 12.0 Å². The first-order valence-electron chi connectivity index (χ1n) is 7.95. The summed E-state index contributed by atoms with van der Waals surface area (Å²) in [5.74, 6) is -1.41. The lowest BCUT2D eigenvalue weighted by Gasteiger charge is -2.09. The monoisotopic (exact) mass is 409 g/mol. The number of anilines is 1. The molecule has 10 heteroatoms. The topological polar surface area (TPSA) is 121 Å². The molecule has 2 aromatic carbocycles. The largest absolute Gasteiger partial charge is 0.417 e. The van der Waals surface area contributed by atoms with E-state index in [0.29, 0.717) is 10.5 Å². The van der Waals surface area contributed by atoms with Crippen LogP contribution < -0.4 is 15.8 Å². The zero-order valence-corrected chi connectivity index (χ0v) is 15.6. The Balaban J connectivity index is 1.54. The van der Waals surface area contributed by atoms with Crippen LogP contribution >= 0.6 is 11.6 Å². The van der Waals surface area contributed by atoms with E-state index in [1.807, 2.05) is 0 Å². The molecule has 0 saturated heterocycles. The average molecular weight is 410 g/mol. The van der Waals surface area contributed by atoms with Gasteiger partial charge in [0.25, 0.3) is 0 Å². The molecule has 0 aliphatic carbocycles. The van der Waals surface area contributed by atoms with Crippen LogP contribution in [0.5, 0.6) is 0 Å². The number of hydrogen-bond donors (Lipinski definition) is 3. The lowest BCUT2D eigenvalue weighted by atomic mass is 10.2. The van der Waals surface area contributed by atoms with Gasteiger partial charge in [-0.15, -0.1) is 0 Å². The van der Waals surface area contributed by atoms with E-state index >= 15 is 0 Å². The third kappa shape index (κ3) is 5.35. The summed E-state index contributed by atoms with van der Waals surface area (Å²) in [6, 6.07) is 11.4. The van der Waals surface area contributed by atoms with E-state index in [9.17, 15) is 18.0 Å². The van der Waals surface area contributed by atoms with Crippen LogP contribution in [0.3, 0.4) is 0 Å². The minimum absolute atomic E-state index is 0.197. The van der Waals surface area contributed by atoms with Crippen LogP contribution in [0.2, 0.25) is 5.02 Å². The van der Waals surface area contributed by atoms with Gasteiger partial charge >= 0.3 is 5.76 Å². The molecule has 0 atom stereocenters. The number of carbonyl (C=O) groups excluding carboxylic acids is 1. The minimum Gasteiger partial charge on any atom is -0.408 e. The molecule has 3 aromatic rings. The second kappa shape index (κ2) is 7.85. The number of nitrogens with one attached hydrogen (secondary N) is 3. The molecule has 142 valence electrons. The maximum absolute atomic E-state index is 12.2. The molecule has 3 rings (SSSR count). The Bertz CT molecular complexity index is 1140. The van der Waals surface area contributed by atoms with Gasteiger partial charge in [0.05, 0.1) is 17.0 Å². The molecule has 27 heavy (non-hydrogen) atoms. The minimum atomic E-state index is -3.74. The molecule has 0 saturated carbocycles. The van der Waals surface area contributed by atoms with Gasteiger partial charge in [0.2, 0.25) is 15.9 Å². The van der Waals surface area contributed by atoms with Crippen LogP contribution in [0.4, 0.5) is 5.69 Å². The van der Waals surface area contributed by atoms with Crippen molar-refractivity contribution in [1.82, 2.24) is 10.3 Å². The highest BCUT2D eigenvalue weighted by molar-refractivity contribution is 7.92. The zero-order valence-electron chi connectivity index (χ0n) is 14.0. The van der Waals surface area contributed by atoms with Gasteiger partial charge < -0.3 is 9.73 Å². The van der Waals surface area contributed by atoms with Crippen molar-refractivity contribution in [3.63, 3.8) is 0 Å². The first kappa shape index (κ1) is 19.0. The fourth-order valence-corrected chi connectivity index (χ4v) is 3.66. The predicted molar refractivity (Wildman–Crippen MR) is 102 cm³/mol. The average Bonchev–Trinajstić information content (AvgIpc) is 2.97. The molecule has 0 unspecified atom stereocenters. The molecular weight excluding hydrogens is 394 g/mol. The third-order valence-corrected chi connectivity index (χ3v) is 5.19. The molecule has 1 heterocycles. The normalized spacial score (nSPS) is 11.4. The summed E-state index contributed by atoms with van der Waals surface area (Å²) < 4.78 is 31.6. The van der Waals surface area contributed by atoms with E-state index in [1.165, 1.54) is 18.2 Å². The fraction of sp³-hybridized carbons (Fsp3) is 0.176. The number of halogens is 1. The standard InChI is InChI=1S/C17H16ClN3O5S/c18-12-3-1-2-11(8-12)10-19-16(22)6-7-27(24,25)21-13-4-5-14-15(9-13)26-17(23)20-14/h1-5,8-9,21H,6-7,10H2,(H,19,22)(H,20,23). The summed E-state index contributed by atoms with van der Waals surface area (Å²) in [7, 11) is -3.74. The number of carbonyl (C=O) groups is 1. The van der Waals surface area contributed by atoms with Gasteiger partial charge in [0.1, 0.15) is 0 Å². The molecule has 0 aliphatic heterocycles. The number of sulfonamides is 1. The lowest BCUT2D eigenvalue weighted by Crippen LogP contribution is -2.27. The molecular formula is C17H16ClN3O5S. The van der Waals surface area contributed by atoms with Gasteiger partial charge in [-0.2, -0.15) is 0 Å². The van der Waals surface area contributed by atoms with Crippen molar-refractivity contribution in [2.24, 2.45) is 0 Å². The van der Waals surface area contributed by atoms with Crippen LogP contribution in [0, 0.1) is 0 Å². The van der Waals surface area contributed by atoms with E-state index in [4.69, 9.17) is 16.0 Å². The second-order valence-electron chi connectivity index (χ2n) is 5.80. The van der Waals surface area contributed by atoms with Crippen molar-refractivity contribution in [3.05, 3.63) is 63.6 Å². The van der Waals surface area contributed by atoms with E-state index < -0.39 is 21.7 Å². The van der Waals surface area contributed by atoms with E-state index in [2.05, 4.69) is 15.0 Å². The van der Waals surface area contributed by atoms with Crippen molar-refractivity contribution < 1.29 is 17.6 Å². The van der Waals surface area contributed by atoms with Gasteiger partial charge in [-0.3, -0.25) is 14.5 Å². The number of H-pyrrole nitrogens is 1. The van der Waals surface area contributed by atoms with Crippen molar-refractivity contribution in [2.45, 2.75) is 13.0 Å². The zero-order chi connectivity index (χ0) is 19.4. The summed E-state index contributed by atoms with van der Waals surface area (Å²) in [6.45, 7) is 0.260. The van der Waals surface area contributed by atoms with Crippen LogP contribution in [-0.2, 0) is 21.4 Å². The van der Waals surface area contributed by atoms with Crippen LogP contribution in [0.15, 0.2) is 51.7 Å². The van der Waals surface area contributed by atoms with E-state index in [-0.39, 0.29) is 30.0 Å². The highest BCUT2D eigenvalue weighted by Crippen LogP contribution is 2.17. The van der Waals surface area contributed by atoms with Crippen molar-refractivity contribution in [3.8, 4) is 0 Å². The number of rotatable bonds is 7. The summed E-state index contributed by atoms with van der Waals surface area (Å²) >= 11 is 5.87. The Morgan fingerprint density at radius 2 is 2.00 bits per heavy atom. The van der Waals surface area contributed by atoms with Gasteiger partial charge in [0.15, 0.2) is 5.58 Å². The first-order chi connectivity index (χ1) is 12.8. The Labute approximate surface area is 159 Å². The molecule has 3 N–H and O–H groups in total. The number of aromatic amines is 1. The Hall–Kier alpha value is -2.78. The quantitative estimate of drug-likeness (QED) is 0.552. The first-order valence-corrected chi connectivity index (χ1v) is 9.98. The molecule has 1 aromatic heterocycles. The van der Waals surface area contributed by atoms with E-state index in [1.54, 1.807) is 24.3 Å². The molecule has 0 aliphatic rings. The maximum Gasteiger partial charge on any atom is 0.417 e. The Kier molecular flexibility index (Phi) is 5.52. The molecule has 8 nitrogen and oxygen atoms in total. The summed E-state index contributed by atoms with van der Waals surface area (Å²) in [5.41, 5.74) is 1.76. The Morgan fingerprint density at radius 3 is 2.78 bits per heavy atom. The van der Waals surface area contributed by atoms with E-state index in [0.717, 1.165) is 5.56 Å². The third-order valence-electron chi connectivity index (χ3n) is 3.67. The van der Waals surface area contributed by atoms with Crippen LogP contribution in [0.25, 0.3) is 11.1 Å². The van der Waals surface area contributed by atoms with Gasteiger partial charge in [0, 0.05) is 24.1 Å². The summed E-state index contributed by atoms with van der Waals surface area (Å²) in [5, 5.41) is 3.20. The molecule has 0 radical (unpaired) electrons. The highest BCUT2D eigenvalue weighted by atomic mass is 35.5. The number of aromatic nitrogens is 1. The number of oxazole rings is 1. The number of benzene rings is 2. The highest BCUT2D eigenvalue weighted by Gasteiger charge is 2.14. The number of fused-ring (bicyclic) bond motifs is 1. The fourth-order valence-electron chi connectivity index (χ4n) is 2.40. The van der Waals surface area contributed by atoms with Gasteiger partial charge in [-0.1, -0.05) is 23.7 Å². The van der Waals surface area contributed by atoms with Gasteiger partial charge in [-0.05, 0) is 29.8 Å². The Morgan fingerprint density at radius 1 is 1.19 bits per heavy atom. The van der Waals surface area contributed by atoms with Crippen LogP contribution in [-0.4, -0.2) is 25.1 Å². The maximum atomic E-state index is 12.2. The molecule has 0 bridgehead atoms. The van der Waals surface area contributed by atoms with Gasteiger partial charge in [-0.25, -0.2) is 13.2 Å². The number of hydrogen-bond acceptors (Lipinski definition) is 5.